The Morgan fingerprint density at radius 1 is 1.26 bits per heavy atom. The van der Waals surface area contributed by atoms with Crippen LogP contribution in [-0.4, -0.2) is 29.3 Å². The van der Waals surface area contributed by atoms with Crippen molar-refractivity contribution in [1.29, 1.82) is 0 Å². The fourth-order valence-electron chi connectivity index (χ4n) is 4.71. The van der Waals surface area contributed by atoms with Gasteiger partial charge in [-0.25, -0.2) is 0 Å². The fraction of sp³-hybridized carbons (Fsp3) is 0.550. The van der Waals surface area contributed by atoms with Crippen LogP contribution in [0.5, 0.6) is 0 Å². The van der Waals surface area contributed by atoms with E-state index >= 15 is 0 Å². The van der Waals surface area contributed by atoms with Gasteiger partial charge in [0.15, 0.2) is 5.78 Å². The highest BCUT2D eigenvalue weighted by atomic mass is 32.1. The van der Waals surface area contributed by atoms with E-state index in [4.69, 9.17) is 0 Å². The van der Waals surface area contributed by atoms with Crippen LogP contribution in [0, 0.1) is 18.8 Å². The molecule has 3 fully saturated rings. The van der Waals surface area contributed by atoms with Gasteiger partial charge in [0.1, 0.15) is 0 Å². The third-order valence-electron chi connectivity index (χ3n) is 6.18. The minimum Gasteiger partial charge on any atom is -0.298 e. The molecule has 0 amide bonds. The SMILES string of the molecule is Cc1ccc2sc(C(=O)C[C@@H]3C4CCN(CC4)C3(C)C)cc2c1. The number of piperidine rings is 3. The number of benzene rings is 1. The van der Waals surface area contributed by atoms with E-state index in [1.807, 2.05) is 0 Å². The largest absolute Gasteiger partial charge is 0.298 e. The van der Waals surface area contributed by atoms with E-state index in [-0.39, 0.29) is 5.54 Å². The lowest BCUT2D eigenvalue weighted by Gasteiger charge is -2.56. The Hall–Kier alpha value is -1.19. The van der Waals surface area contributed by atoms with Crippen molar-refractivity contribution in [1.82, 2.24) is 4.90 Å². The van der Waals surface area contributed by atoms with E-state index in [2.05, 4.69) is 49.9 Å². The lowest BCUT2D eigenvalue weighted by molar-refractivity contribution is -0.0643. The number of ketones is 1. The molecule has 122 valence electrons. The third-order valence-corrected chi connectivity index (χ3v) is 7.34. The zero-order chi connectivity index (χ0) is 16.2. The molecule has 0 N–H and O–H groups in total. The highest BCUT2D eigenvalue weighted by molar-refractivity contribution is 7.20. The second-order valence-electron chi connectivity index (χ2n) is 7.86. The molecule has 3 aliphatic heterocycles. The van der Waals surface area contributed by atoms with Crippen molar-refractivity contribution in [3.05, 3.63) is 34.7 Å². The monoisotopic (exact) mass is 327 g/mol. The summed E-state index contributed by atoms with van der Waals surface area (Å²) in [5.41, 5.74) is 1.43. The van der Waals surface area contributed by atoms with E-state index < -0.39 is 0 Å². The predicted molar refractivity (Wildman–Crippen MR) is 97.4 cm³/mol. The zero-order valence-electron chi connectivity index (χ0n) is 14.3. The number of fused-ring (bicyclic) bond motifs is 4. The molecule has 0 radical (unpaired) electrons. The number of hydrogen-bond acceptors (Lipinski definition) is 3. The molecule has 2 nitrogen and oxygen atoms in total. The van der Waals surface area contributed by atoms with Gasteiger partial charge in [0.2, 0.25) is 0 Å². The molecule has 1 atom stereocenters. The predicted octanol–water partition coefficient (Wildman–Crippen LogP) is 4.90. The van der Waals surface area contributed by atoms with Crippen LogP contribution in [0.1, 0.15) is 48.3 Å². The summed E-state index contributed by atoms with van der Waals surface area (Å²) < 4.78 is 1.23. The van der Waals surface area contributed by atoms with Crippen LogP contribution >= 0.6 is 11.3 Å². The average Bonchev–Trinajstić information content (AvgIpc) is 2.94. The molecule has 2 aromatic rings. The zero-order valence-corrected chi connectivity index (χ0v) is 15.1. The topological polar surface area (TPSA) is 20.3 Å². The van der Waals surface area contributed by atoms with Crippen LogP contribution in [0.4, 0.5) is 0 Å². The molecule has 3 saturated heterocycles. The average molecular weight is 327 g/mol. The maximum absolute atomic E-state index is 12.9. The summed E-state index contributed by atoms with van der Waals surface area (Å²) in [6, 6.07) is 8.55. The summed E-state index contributed by atoms with van der Waals surface area (Å²) in [7, 11) is 0. The highest BCUT2D eigenvalue weighted by Gasteiger charge is 2.47. The van der Waals surface area contributed by atoms with E-state index in [0.717, 1.165) is 10.8 Å². The van der Waals surface area contributed by atoms with Crippen LogP contribution < -0.4 is 0 Å². The van der Waals surface area contributed by atoms with Gasteiger partial charge in [-0.1, -0.05) is 17.7 Å². The van der Waals surface area contributed by atoms with Gasteiger partial charge in [0.25, 0.3) is 0 Å². The summed E-state index contributed by atoms with van der Waals surface area (Å²) in [6.45, 7) is 9.21. The molecule has 5 rings (SSSR count). The van der Waals surface area contributed by atoms with E-state index in [9.17, 15) is 4.79 Å². The maximum Gasteiger partial charge on any atom is 0.173 e. The second-order valence-corrected chi connectivity index (χ2v) is 8.95. The van der Waals surface area contributed by atoms with Crippen molar-refractivity contribution in [2.75, 3.05) is 13.1 Å². The lowest BCUT2D eigenvalue weighted by atomic mass is 9.65. The van der Waals surface area contributed by atoms with E-state index in [1.54, 1.807) is 11.3 Å². The van der Waals surface area contributed by atoms with Crippen LogP contribution in [0.3, 0.4) is 0 Å². The molecule has 1 aromatic carbocycles. The molecule has 0 spiro atoms. The Morgan fingerprint density at radius 2 is 2.00 bits per heavy atom. The smallest absolute Gasteiger partial charge is 0.173 e. The van der Waals surface area contributed by atoms with Crippen LogP contribution in [-0.2, 0) is 0 Å². The van der Waals surface area contributed by atoms with Gasteiger partial charge >= 0.3 is 0 Å². The first-order valence-electron chi connectivity index (χ1n) is 8.73. The van der Waals surface area contributed by atoms with Crippen molar-refractivity contribution in [3.8, 4) is 0 Å². The van der Waals surface area contributed by atoms with Crippen molar-refractivity contribution in [2.24, 2.45) is 11.8 Å². The van der Waals surface area contributed by atoms with Crippen molar-refractivity contribution < 1.29 is 4.79 Å². The number of thiophene rings is 1. The Balaban J connectivity index is 1.59. The van der Waals surface area contributed by atoms with E-state index in [1.165, 1.54) is 41.6 Å². The first kappa shape index (κ1) is 15.3. The standard InChI is InChI=1S/C20H25NOS/c1-13-4-5-18-15(10-13)11-19(23-18)17(22)12-16-14-6-8-21(9-7-14)20(16,2)3/h4-5,10-11,14,16H,6-9,12H2,1-3H3/t16-/m1/s1. The lowest BCUT2D eigenvalue weighted by Crippen LogP contribution is -2.61. The number of carbonyl (C=O) groups is 1. The molecule has 0 unspecified atom stereocenters. The van der Waals surface area contributed by atoms with Gasteiger partial charge in [-0.05, 0) is 76.1 Å². The molecule has 23 heavy (non-hydrogen) atoms. The third kappa shape index (κ3) is 2.54. The number of aryl methyl sites for hydroxylation is 1. The van der Waals surface area contributed by atoms with Gasteiger partial charge < -0.3 is 0 Å². The molecule has 0 aliphatic carbocycles. The summed E-state index contributed by atoms with van der Waals surface area (Å²) in [5.74, 6) is 1.58. The molecule has 4 heterocycles. The van der Waals surface area contributed by atoms with Crippen molar-refractivity contribution in [3.63, 3.8) is 0 Å². The van der Waals surface area contributed by atoms with Crippen LogP contribution in [0.2, 0.25) is 0 Å². The molecule has 3 aliphatic rings. The second kappa shape index (κ2) is 5.42. The normalized spacial score (nSPS) is 29.1. The Kier molecular flexibility index (Phi) is 3.62. The Bertz CT molecular complexity index is 752. The summed E-state index contributed by atoms with van der Waals surface area (Å²) in [4.78, 5) is 16.5. The number of nitrogens with zero attached hydrogens (tertiary/aromatic N) is 1. The van der Waals surface area contributed by atoms with Gasteiger partial charge in [-0.3, -0.25) is 9.69 Å². The number of Topliss-reactive ketones (excluding diaryl/α,β-unsaturated/α-hetero) is 1. The molecule has 3 heteroatoms. The number of carbonyl (C=O) groups excluding carboxylic acids is 1. The molecule has 2 bridgehead atoms. The van der Waals surface area contributed by atoms with Gasteiger partial charge in [0.05, 0.1) is 4.88 Å². The quantitative estimate of drug-likeness (QED) is 0.747. The van der Waals surface area contributed by atoms with E-state index in [0.29, 0.717) is 18.1 Å². The summed E-state index contributed by atoms with van der Waals surface area (Å²) in [5, 5.41) is 1.21. The molecular weight excluding hydrogens is 302 g/mol. The highest BCUT2D eigenvalue weighted by Crippen LogP contribution is 2.46. The van der Waals surface area contributed by atoms with Crippen molar-refractivity contribution in [2.45, 2.75) is 45.6 Å². The summed E-state index contributed by atoms with van der Waals surface area (Å²) in [6.07, 6.45) is 3.25. The number of rotatable bonds is 3. The van der Waals surface area contributed by atoms with Crippen LogP contribution in [0.25, 0.3) is 10.1 Å². The summed E-state index contributed by atoms with van der Waals surface area (Å²) >= 11 is 1.66. The van der Waals surface area contributed by atoms with Gasteiger partial charge in [-0.2, -0.15) is 0 Å². The minimum atomic E-state index is 0.171. The Morgan fingerprint density at radius 3 is 2.70 bits per heavy atom. The fourth-order valence-corrected chi connectivity index (χ4v) is 5.70. The molecular formula is C20H25NOS. The van der Waals surface area contributed by atoms with Gasteiger partial charge in [-0.15, -0.1) is 11.3 Å². The molecule has 1 aromatic heterocycles. The van der Waals surface area contributed by atoms with Crippen LogP contribution in [0.15, 0.2) is 24.3 Å². The maximum atomic E-state index is 12.9. The molecule has 0 saturated carbocycles. The van der Waals surface area contributed by atoms with Gasteiger partial charge in [0, 0.05) is 16.7 Å². The first-order chi connectivity index (χ1) is 10.9. The first-order valence-corrected chi connectivity index (χ1v) is 9.55. The van der Waals surface area contributed by atoms with Crippen molar-refractivity contribution >= 4 is 27.2 Å². The minimum absolute atomic E-state index is 0.171. The number of hydrogen-bond donors (Lipinski definition) is 0. The Labute approximate surface area is 142 Å².